The van der Waals surface area contributed by atoms with E-state index in [2.05, 4.69) is 52.5 Å². The second kappa shape index (κ2) is 8.10. The topological polar surface area (TPSA) is 35.6 Å². The average Bonchev–Trinajstić information content (AvgIpc) is 3.41. The first-order chi connectivity index (χ1) is 12.7. The van der Waals surface area contributed by atoms with E-state index < -0.39 is 0 Å². The van der Waals surface area contributed by atoms with Gasteiger partial charge in [0.1, 0.15) is 0 Å². The van der Waals surface area contributed by atoms with Crippen LogP contribution in [0.5, 0.6) is 0 Å². The van der Waals surface area contributed by atoms with Crippen molar-refractivity contribution in [2.75, 3.05) is 39.8 Å². The highest BCUT2D eigenvalue weighted by Gasteiger charge is 2.54. The summed E-state index contributed by atoms with van der Waals surface area (Å²) in [6.07, 6.45) is 6.26. The fraction of sp³-hybridized carbons (Fsp3) is 0.682. The molecule has 3 aliphatic rings. The second-order valence-electron chi connectivity index (χ2n) is 8.51. The zero-order valence-electron chi connectivity index (χ0n) is 16.1. The van der Waals surface area contributed by atoms with Crippen LogP contribution in [0.3, 0.4) is 0 Å². The standard InChI is InChI=1S/C22H33N3O/c1-24-14-15-25(20(16-24)17-8-3-2-4-9-17)13-7-12-23-22(26)21-18-10-5-6-11-19(18)21/h2-4,8-9,18-21H,5-7,10-16H2,1H3,(H,23,26)/t18-,19-,20-/m1/s1. The Bertz CT molecular complexity index is 593. The maximum Gasteiger partial charge on any atom is 0.223 e. The molecule has 0 bridgehead atoms. The van der Waals surface area contributed by atoms with Crippen molar-refractivity contribution in [1.82, 2.24) is 15.1 Å². The normalized spacial score (nSPS) is 32.0. The van der Waals surface area contributed by atoms with Gasteiger partial charge in [0.05, 0.1) is 0 Å². The third kappa shape index (κ3) is 3.96. The maximum absolute atomic E-state index is 12.4. The Balaban J connectivity index is 1.23. The van der Waals surface area contributed by atoms with Gasteiger partial charge in [-0.1, -0.05) is 43.2 Å². The average molecular weight is 356 g/mol. The molecule has 0 radical (unpaired) electrons. The zero-order valence-corrected chi connectivity index (χ0v) is 16.1. The van der Waals surface area contributed by atoms with Crippen LogP contribution < -0.4 is 5.32 Å². The van der Waals surface area contributed by atoms with E-state index in [1.165, 1.54) is 31.2 Å². The lowest BCUT2D eigenvalue weighted by Gasteiger charge is -2.40. The van der Waals surface area contributed by atoms with Crippen LogP contribution in [0.1, 0.15) is 43.7 Å². The van der Waals surface area contributed by atoms with Crippen LogP contribution in [0.25, 0.3) is 0 Å². The van der Waals surface area contributed by atoms with E-state index in [1.54, 1.807) is 0 Å². The molecule has 1 aromatic carbocycles. The fourth-order valence-electron chi connectivity index (χ4n) is 5.21. The molecule has 0 unspecified atom stereocenters. The predicted octanol–water partition coefficient (Wildman–Crippen LogP) is 2.92. The zero-order chi connectivity index (χ0) is 17.9. The van der Waals surface area contributed by atoms with Crippen molar-refractivity contribution in [2.24, 2.45) is 17.8 Å². The monoisotopic (exact) mass is 355 g/mol. The van der Waals surface area contributed by atoms with Gasteiger partial charge in [-0.3, -0.25) is 9.69 Å². The van der Waals surface area contributed by atoms with Crippen molar-refractivity contribution in [3.8, 4) is 0 Å². The van der Waals surface area contributed by atoms with E-state index in [9.17, 15) is 4.79 Å². The highest BCUT2D eigenvalue weighted by atomic mass is 16.2. The lowest BCUT2D eigenvalue weighted by atomic mass is 10.0. The number of amides is 1. The molecule has 4 nitrogen and oxygen atoms in total. The van der Waals surface area contributed by atoms with Gasteiger partial charge in [0, 0.05) is 44.7 Å². The predicted molar refractivity (Wildman–Crippen MR) is 105 cm³/mol. The number of nitrogens with zero attached hydrogens (tertiary/aromatic N) is 2. The Morgan fingerprint density at radius 3 is 2.58 bits per heavy atom. The van der Waals surface area contributed by atoms with E-state index in [1.807, 2.05) is 0 Å². The molecule has 4 heteroatoms. The smallest absolute Gasteiger partial charge is 0.223 e. The molecule has 0 aromatic heterocycles. The summed E-state index contributed by atoms with van der Waals surface area (Å²) in [5, 5.41) is 3.23. The van der Waals surface area contributed by atoms with E-state index in [0.717, 1.165) is 39.1 Å². The third-order valence-corrected chi connectivity index (χ3v) is 6.76. The lowest BCUT2D eigenvalue weighted by Crippen LogP contribution is -2.47. The summed E-state index contributed by atoms with van der Waals surface area (Å²) in [5.41, 5.74) is 1.41. The molecule has 1 heterocycles. The Morgan fingerprint density at radius 1 is 1.12 bits per heavy atom. The molecule has 1 aliphatic heterocycles. The molecule has 0 spiro atoms. The number of benzene rings is 1. The summed E-state index contributed by atoms with van der Waals surface area (Å²) in [4.78, 5) is 17.4. The fourth-order valence-corrected chi connectivity index (χ4v) is 5.21. The molecular weight excluding hydrogens is 322 g/mol. The number of carbonyl (C=O) groups is 1. The minimum absolute atomic E-state index is 0.333. The van der Waals surface area contributed by atoms with Gasteiger partial charge < -0.3 is 10.2 Å². The molecule has 1 saturated heterocycles. The van der Waals surface area contributed by atoms with E-state index in [-0.39, 0.29) is 0 Å². The molecule has 142 valence electrons. The molecule has 4 rings (SSSR count). The molecule has 1 N–H and O–H groups in total. The highest BCUT2D eigenvalue weighted by Crippen LogP contribution is 2.55. The molecule has 2 aliphatic carbocycles. The lowest BCUT2D eigenvalue weighted by molar-refractivity contribution is -0.122. The van der Waals surface area contributed by atoms with Crippen LogP contribution in [0.4, 0.5) is 0 Å². The minimum atomic E-state index is 0.333. The number of hydrogen-bond donors (Lipinski definition) is 1. The highest BCUT2D eigenvalue weighted by molar-refractivity contribution is 5.82. The van der Waals surface area contributed by atoms with Crippen molar-refractivity contribution < 1.29 is 4.79 Å². The van der Waals surface area contributed by atoms with Crippen LogP contribution in [-0.4, -0.2) is 55.5 Å². The van der Waals surface area contributed by atoms with E-state index >= 15 is 0 Å². The van der Waals surface area contributed by atoms with E-state index in [0.29, 0.717) is 29.7 Å². The van der Waals surface area contributed by atoms with Crippen molar-refractivity contribution in [2.45, 2.75) is 38.1 Å². The van der Waals surface area contributed by atoms with Gasteiger partial charge >= 0.3 is 0 Å². The van der Waals surface area contributed by atoms with Crippen molar-refractivity contribution in [3.63, 3.8) is 0 Å². The molecule has 1 amide bonds. The Kier molecular flexibility index (Phi) is 5.60. The van der Waals surface area contributed by atoms with Gasteiger partial charge in [-0.25, -0.2) is 0 Å². The number of likely N-dealkylation sites (N-methyl/N-ethyl adjacent to an activating group) is 1. The summed E-state index contributed by atoms with van der Waals surface area (Å²) in [5.74, 6) is 2.10. The number of rotatable bonds is 6. The Hall–Kier alpha value is -1.39. The second-order valence-corrected chi connectivity index (χ2v) is 8.51. The van der Waals surface area contributed by atoms with Gasteiger partial charge in [0.25, 0.3) is 0 Å². The molecule has 1 aromatic rings. The van der Waals surface area contributed by atoms with Gasteiger partial charge in [0.2, 0.25) is 5.91 Å². The van der Waals surface area contributed by atoms with Crippen molar-refractivity contribution in [3.05, 3.63) is 35.9 Å². The number of nitrogens with one attached hydrogen (secondary N) is 1. The Morgan fingerprint density at radius 2 is 1.85 bits per heavy atom. The van der Waals surface area contributed by atoms with Gasteiger partial charge in [-0.05, 0) is 43.7 Å². The van der Waals surface area contributed by atoms with Crippen molar-refractivity contribution in [1.29, 1.82) is 0 Å². The van der Waals surface area contributed by atoms with Crippen LogP contribution in [0.15, 0.2) is 30.3 Å². The van der Waals surface area contributed by atoms with Crippen LogP contribution in [-0.2, 0) is 4.79 Å². The van der Waals surface area contributed by atoms with Gasteiger partial charge in [-0.2, -0.15) is 0 Å². The first-order valence-electron chi connectivity index (χ1n) is 10.5. The molecular formula is C22H33N3O. The number of fused-ring (bicyclic) bond motifs is 1. The van der Waals surface area contributed by atoms with Crippen molar-refractivity contribution >= 4 is 5.91 Å². The summed E-state index contributed by atoms with van der Waals surface area (Å²) in [7, 11) is 2.21. The first-order valence-corrected chi connectivity index (χ1v) is 10.5. The quantitative estimate of drug-likeness (QED) is 0.797. The minimum Gasteiger partial charge on any atom is -0.356 e. The van der Waals surface area contributed by atoms with Crippen LogP contribution in [0, 0.1) is 17.8 Å². The summed E-state index contributed by atoms with van der Waals surface area (Å²) >= 11 is 0. The van der Waals surface area contributed by atoms with Crippen LogP contribution in [0.2, 0.25) is 0 Å². The summed E-state index contributed by atoms with van der Waals surface area (Å²) in [6.45, 7) is 5.20. The summed E-state index contributed by atoms with van der Waals surface area (Å²) < 4.78 is 0. The Labute approximate surface area is 157 Å². The first kappa shape index (κ1) is 18.0. The summed E-state index contributed by atoms with van der Waals surface area (Å²) in [6, 6.07) is 11.3. The third-order valence-electron chi connectivity index (χ3n) is 6.76. The van der Waals surface area contributed by atoms with Crippen LogP contribution >= 0.6 is 0 Å². The molecule has 2 saturated carbocycles. The number of piperazine rings is 1. The SMILES string of the molecule is CN1CCN(CCCNC(=O)C2[C@@H]3CCCC[C@@H]23)[C@@H](c2ccccc2)C1. The molecule has 3 fully saturated rings. The number of hydrogen-bond acceptors (Lipinski definition) is 3. The van der Waals surface area contributed by atoms with Gasteiger partial charge in [-0.15, -0.1) is 0 Å². The largest absolute Gasteiger partial charge is 0.356 e. The molecule has 3 atom stereocenters. The maximum atomic E-state index is 12.4. The van der Waals surface area contributed by atoms with E-state index in [4.69, 9.17) is 0 Å². The number of carbonyl (C=O) groups excluding carboxylic acids is 1. The molecule has 26 heavy (non-hydrogen) atoms. The van der Waals surface area contributed by atoms with Gasteiger partial charge in [0.15, 0.2) is 0 Å².